The summed E-state index contributed by atoms with van der Waals surface area (Å²) >= 11 is 16.6. The maximum atomic E-state index is 12.4. The van der Waals surface area contributed by atoms with Gasteiger partial charge in [-0.05, 0) is 42.5 Å². The fourth-order valence-corrected chi connectivity index (χ4v) is 4.42. The molecule has 30 heavy (non-hydrogen) atoms. The molecule has 0 amide bonds. The highest BCUT2D eigenvalue weighted by Gasteiger charge is 2.14. The Bertz CT molecular complexity index is 1390. The van der Waals surface area contributed by atoms with Crippen LogP contribution in [0.25, 0.3) is 27.8 Å². The summed E-state index contributed by atoms with van der Waals surface area (Å²) < 4.78 is 6.27. The number of nitriles is 1. The standard InChI is InChI=1S/C21H10BrCl2N3O2S/c22-13-1-2-19-11(3-13)4-17(21(28)29-19)18-10-30-20(27-18)12(8-25)9-26-16-6-14(23)5-15(24)7-16/h1-7,9-10,26H. The lowest BCUT2D eigenvalue weighted by molar-refractivity contribution is 0.563. The molecule has 2 heterocycles. The molecule has 2 aromatic carbocycles. The SMILES string of the molecule is N#CC(=CNc1cc(Cl)cc(Cl)c1)c1nc(-c2cc3cc(Br)ccc3oc2=O)cs1. The van der Waals surface area contributed by atoms with Crippen LogP contribution in [0.15, 0.2) is 67.7 Å². The van der Waals surface area contributed by atoms with E-state index in [0.717, 1.165) is 9.86 Å². The summed E-state index contributed by atoms with van der Waals surface area (Å²) in [5, 5.41) is 16.4. The highest BCUT2D eigenvalue weighted by atomic mass is 79.9. The monoisotopic (exact) mass is 517 g/mol. The quantitative estimate of drug-likeness (QED) is 0.233. The average Bonchev–Trinajstić information content (AvgIpc) is 3.17. The number of hydrogen-bond donors (Lipinski definition) is 1. The number of anilines is 1. The van der Waals surface area contributed by atoms with E-state index in [1.807, 2.05) is 6.07 Å². The van der Waals surface area contributed by atoms with Crippen LogP contribution in [0.4, 0.5) is 5.69 Å². The molecule has 5 nitrogen and oxygen atoms in total. The minimum Gasteiger partial charge on any atom is -0.422 e. The first-order valence-electron chi connectivity index (χ1n) is 8.45. The van der Waals surface area contributed by atoms with Crippen LogP contribution >= 0.6 is 50.5 Å². The van der Waals surface area contributed by atoms with Crippen LogP contribution in [0, 0.1) is 11.3 Å². The summed E-state index contributed by atoms with van der Waals surface area (Å²) in [6.45, 7) is 0. The van der Waals surface area contributed by atoms with Gasteiger partial charge in [0.25, 0.3) is 0 Å². The number of fused-ring (bicyclic) bond motifs is 1. The fraction of sp³-hybridized carbons (Fsp3) is 0. The van der Waals surface area contributed by atoms with E-state index in [4.69, 9.17) is 27.6 Å². The Balaban J connectivity index is 1.67. The third-order valence-electron chi connectivity index (χ3n) is 4.07. The van der Waals surface area contributed by atoms with Crippen LogP contribution in [0.1, 0.15) is 5.01 Å². The number of rotatable bonds is 4. The third-order valence-corrected chi connectivity index (χ3v) is 5.88. The van der Waals surface area contributed by atoms with Gasteiger partial charge < -0.3 is 9.73 Å². The summed E-state index contributed by atoms with van der Waals surface area (Å²) in [6, 6.07) is 14.2. The minimum absolute atomic E-state index is 0.301. The lowest BCUT2D eigenvalue weighted by Gasteiger charge is -2.03. The molecule has 0 spiro atoms. The molecule has 2 aromatic heterocycles. The van der Waals surface area contributed by atoms with Crippen molar-refractivity contribution in [3.8, 4) is 17.3 Å². The van der Waals surface area contributed by atoms with Crippen LogP contribution in [0.5, 0.6) is 0 Å². The highest BCUT2D eigenvalue weighted by molar-refractivity contribution is 9.10. The second-order valence-electron chi connectivity index (χ2n) is 6.14. The maximum absolute atomic E-state index is 12.4. The van der Waals surface area contributed by atoms with Crippen molar-refractivity contribution in [2.24, 2.45) is 0 Å². The van der Waals surface area contributed by atoms with Crippen LogP contribution in [-0.4, -0.2) is 4.98 Å². The van der Waals surface area contributed by atoms with Crippen molar-refractivity contribution in [1.82, 2.24) is 4.98 Å². The van der Waals surface area contributed by atoms with Gasteiger partial charge in [-0.2, -0.15) is 5.26 Å². The second-order valence-corrected chi connectivity index (χ2v) is 8.79. The van der Waals surface area contributed by atoms with Crippen molar-refractivity contribution in [3.63, 3.8) is 0 Å². The lowest BCUT2D eigenvalue weighted by Crippen LogP contribution is -2.03. The van der Waals surface area contributed by atoms with Gasteiger partial charge in [0, 0.05) is 37.2 Å². The Morgan fingerprint density at radius 3 is 2.70 bits per heavy atom. The number of aromatic nitrogens is 1. The molecule has 0 atom stereocenters. The zero-order chi connectivity index (χ0) is 21.3. The third kappa shape index (κ3) is 4.42. The van der Waals surface area contributed by atoms with Gasteiger partial charge in [0.05, 0.1) is 11.3 Å². The van der Waals surface area contributed by atoms with E-state index in [2.05, 4.69) is 32.3 Å². The molecule has 1 N–H and O–H groups in total. The fourth-order valence-electron chi connectivity index (χ4n) is 2.73. The van der Waals surface area contributed by atoms with E-state index in [0.29, 0.717) is 43.2 Å². The zero-order valence-corrected chi connectivity index (χ0v) is 18.9. The molecule has 0 saturated carbocycles. The van der Waals surface area contributed by atoms with Crippen molar-refractivity contribution >= 4 is 72.7 Å². The Morgan fingerprint density at radius 2 is 1.97 bits per heavy atom. The van der Waals surface area contributed by atoms with Crippen LogP contribution in [0.3, 0.4) is 0 Å². The van der Waals surface area contributed by atoms with E-state index in [-0.39, 0.29) is 0 Å². The Kier molecular flexibility index (Phi) is 5.93. The maximum Gasteiger partial charge on any atom is 0.345 e. The van der Waals surface area contributed by atoms with Crippen molar-refractivity contribution in [1.29, 1.82) is 5.26 Å². The van der Waals surface area contributed by atoms with Crippen LogP contribution < -0.4 is 10.9 Å². The largest absolute Gasteiger partial charge is 0.422 e. The molecular weight excluding hydrogens is 509 g/mol. The summed E-state index contributed by atoms with van der Waals surface area (Å²) in [5.74, 6) is 0. The van der Waals surface area contributed by atoms with Crippen LogP contribution in [0.2, 0.25) is 10.0 Å². The Morgan fingerprint density at radius 1 is 1.20 bits per heavy atom. The number of nitrogens with zero attached hydrogens (tertiary/aromatic N) is 2. The molecule has 4 rings (SSSR count). The van der Waals surface area contributed by atoms with Gasteiger partial charge in [-0.1, -0.05) is 39.1 Å². The molecule has 148 valence electrons. The molecule has 0 aliphatic carbocycles. The summed E-state index contributed by atoms with van der Waals surface area (Å²) in [4.78, 5) is 16.9. The van der Waals surface area contributed by atoms with Crippen molar-refractivity contribution in [2.45, 2.75) is 0 Å². The summed E-state index contributed by atoms with van der Waals surface area (Å²) in [5.41, 5.74) is 1.71. The second kappa shape index (κ2) is 8.62. The van der Waals surface area contributed by atoms with E-state index >= 15 is 0 Å². The average molecular weight is 519 g/mol. The minimum atomic E-state index is -0.490. The first-order chi connectivity index (χ1) is 14.4. The molecule has 0 bridgehead atoms. The predicted octanol–water partition coefficient (Wildman–Crippen LogP) is 6.96. The van der Waals surface area contributed by atoms with E-state index in [1.165, 1.54) is 17.5 Å². The molecule has 0 radical (unpaired) electrons. The van der Waals surface area contributed by atoms with Gasteiger partial charge in [0.1, 0.15) is 22.2 Å². The number of allylic oxidation sites excluding steroid dienone is 1. The number of benzene rings is 2. The number of thiazole rings is 1. The molecule has 0 unspecified atom stereocenters. The van der Waals surface area contributed by atoms with E-state index in [9.17, 15) is 10.1 Å². The summed E-state index contributed by atoms with van der Waals surface area (Å²) in [7, 11) is 0. The number of halogens is 3. The van der Waals surface area contributed by atoms with Gasteiger partial charge in [0.15, 0.2) is 0 Å². The first kappa shape index (κ1) is 20.6. The molecule has 9 heteroatoms. The summed E-state index contributed by atoms with van der Waals surface area (Å²) in [6.07, 6.45) is 1.52. The molecule has 0 aliphatic rings. The van der Waals surface area contributed by atoms with Crippen molar-refractivity contribution in [2.75, 3.05) is 5.32 Å². The van der Waals surface area contributed by atoms with Crippen LogP contribution in [-0.2, 0) is 0 Å². The topological polar surface area (TPSA) is 78.9 Å². The highest BCUT2D eigenvalue weighted by Crippen LogP contribution is 2.28. The predicted molar refractivity (Wildman–Crippen MR) is 125 cm³/mol. The molecule has 0 aliphatic heterocycles. The van der Waals surface area contributed by atoms with Gasteiger partial charge >= 0.3 is 5.63 Å². The van der Waals surface area contributed by atoms with Gasteiger partial charge in [-0.3, -0.25) is 0 Å². The van der Waals surface area contributed by atoms with E-state index < -0.39 is 5.63 Å². The molecule has 0 fully saturated rings. The van der Waals surface area contributed by atoms with Gasteiger partial charge in [-0.25, -0.2) is 9.78 Å². The zero-order valence-electron chi connectivity index (χ0n) is 14.9. The molecule has 4 aromatic rings. The smallest absolute Gasteiger partial charge is 0.345 e. The normalized spacial score (nSPS) is 11.5. The molecule has 0 saturated heterocycles. The lowest BCUT2D eigenvalue weighted by atomic mass is 10.1. The van der Waals surface area contributed by atoms with Crippen molar-refractivity contribution in [3.05, 3.63) is 84.0 Å². The van der Waals surface area contributed by atoms with Gasteiger partial charge in [-0.15, -0.1) is 11.3 Å². The Labute approximate surface area is 193 Å². The first-order valence-corrected chi connectivity index (χ1v) is 10.9. The van der Waals surface area contributed by atoms with Crippen molar-refractivity contribution < 1.29 is 4.42 Å². The van der Waals surface area contributed by atoms with E-state index in [1.54, 1.807) is 41.8 Å². The molecular formula is C21H10BrCl2N3O2S. The van der Waals surface area contributed by atoms with Gasteiger partial charge in [0.2, 0.25) is 0 Å². The number of nitrogens with one attached hydrogen (secondary N) is 1. The Hall–Kier alpha value is -2.63. The number of hydrogen-bond acceptors (Lipinski definition) is 6.